The largest absolute Gasteiger partial charge is 0.470 e. The van der Waals surface area contributed by atoms with Gasteiger partial charge in [-0.25, -0.2) is 4.79 Å². The Bertz CT molecular complexity index is 876. The lowest BCUT2D eigenvalue weighted by Gasteiger charge is -2.07. The van der Waals surface area contributed by atoms with Crippen LogP contribution >= 0.6 is 0 Å². The first-order valence-electron chi connectivity index (χ1n) is 8.17. The summed E-state index contributed by atoms with van der Waals surface area (Å²) in [6.45, 7) is 2.21. The highest BCUT2D eigenvalue weighted by atomic mass is 16.5. The minimum atomic E-state index is -0.600. The Hall–Kier alpha value is -3.48. The van der Waals surface area contributed by atoms with E-state index in [0.717, 1.165) is 11.1 Å². The zero-order valence-corrected chi connectivity index (χ0v) is 14.3. The minimum absolute atomic E-state index is 0.00649. The molecule has 0 aliphatic rings. The van der Waals surface area contributed by atoms with E-state index in [1.807, 2.05) is 60.7 Å². The number of carbonyl (C=O) groups excluding carboxylic acids is 1. The number of nitrogens with zero attached hydrogens (tertiary/aromatic N) is 4. The van der Waals surface area contributed by atoms with Gasteiger partial charge in [0.1, 0.15) is 6.61 Å². The highest BCUT2D eigenvalue weighted by molar-refractivity contribution is 5.89. The second-order valence-electron chi connectivity index (χ2n) is 5.28. The number of hydrogen-bond acceptors (Lipinski definition) is 6. The van der Waals surface area contributed by atoms with Crippen LogP contribution in [0, 0.1) is 0 Å². The maximum Gasteiger partial charge on any atom is 0.364 e. The summed E-state index contributed by atoms with van der Waals surface area (Å²) in [6, 6.07) is 19.1. The lowest BCUT2D eigenvalue weighted by molar-refractivity contribution is 0.0513. The van der Waals surface area contributed by atoms with Gasteiger partial charge >= 0.3 is 5.97 Å². The van der Waals surface area contributed by atoms with Crippen molar-refractivity contribution in [3.8, 4) is 5.88 Å². The average molecular weight is 350 g/mol. The Labute approximate surface area is 150 Å². The van der Waals surface area contributed by atoms with Gasteiger partial charge in [0.25, 0.3) is 5.88 Å². The number of aromatic nitrogens is 3. The fraction of sp³-hybridized carbons (Fsp3) is 0.158. The summed E-state index contributed by atoms with van der Waals surface area (Å²) < 4.78 is 10.8. The Balaban J connectivity index is 1.86. The van der Waals surface area contributed by atoms with E-state index in [1.165, 1.54) is 4.79 Å². The smallest absolute Gasteiger partial charge is 0.364 e. The third-order valence-electron chi connectivity index (χ3n) is 3.42. The second-order valence-corrected chi connectivity index (χ2v) is 5.28. The SMILES string of the molecule is CCOC(=O)c1nnn(/N=C/c2ccccc2)c1OCc1ccccc1. The molecule has 0 fully saturated rings. The summed E-state index contributed by atoms with van der Waals surface area (Å²) in [4.78, 5) is 13.3. The molecule has 0 bridgehead atoms. The Kier molecular flexibility index (Phi) is 5.72. The van der Waals surface area contributed by atoms with Gasteiger partial charge in [0.15, 0.2) is 0 Å². The van der Waals surface area contributed by atoms with Crippen molar-refractivity contribution in [2.24, 2.45) is 5.10 Å². The molecule has 0 aliphatic carbocycles. The first-order valence-corrected chi connectivity index (χ1v) is 8.17. The minimum Gasteiger partial charge on any atom is -0.470 e. The van der Waals surface area contributed by atoms with Crippen molar-refractivity contribution in [2.75, 3.05) is 6.61 Å². The lowest BCUT2D eigenvalue weighted by atomic mass is 10.2. The van der Waals surface area contributed by atoms with Crippen molar-refractivity contribution in [3.63, 3.8) is 0 Å². The average Bonchev–Trinajstić information content (AvgIpc) is 3.09. The van der Waals surface area contributed by atoms with Crippen LogP contribution in [0.5, 0.6) is 5.88 Å². The van der Waals surface area contributed by atoms with Crippen LogP contribution in [0.1, 0.15) is 28.5 Å². The monoisotopic (exact) mass is 350 g/mol. The van der Waals surface area contributed by atoms with Gasteiger partial charge in [0.05, 0.1) is 12.8 Å². The van der Waals surface area contributed by atoms with E-state index in [9.17, 15) is 4.79 Å². The summed E-state index contributed by atoms with van der Waals surface area (Å²) in [5, 5.41) is 12.0. The Morgan fingerprint density at radius 3 is 2.50 bits per heavy atom. The lowest BCUT2D eigenvalue weighted by Crippen LogP contribution is -2.09. The van der Waals surface area contributed by atoms with Gasteiger partial charge in [-0.05, 0) is 23.3 Å². The summed E-state index contributed by atoms with van der Waals surface area (Å²) in [6.07, 6.45) is 1.61. The highest BCUT2D eigenvalue weighted by Crippen LogP contribution is 2.18. The van der Waals surface area contributed by atoms with E-state index in [1.54, 1.807) is 13.1 Å². The van der Waals surface area contributed by atoms with Crippen molar-refractivity contribution < 1.29 is 14.3 Å². The van der Waals surface area contributed by atoms with Gasteiger partial charge in [-0.1, -0.05) is 65.5 Å². The number of esters is 1. The molecule has 0 N–H and O–H groups in total. The number of ether oxygens (including phenoxy) is 2. The molecule has 0 aliphatic heterocycles. The van der Waals surface area contributed by atoms with Crippen LogP contribution in [-0.4, -0.2) is 33.9 Å². The fourth-order valence-electron chi connectivity index (χ4n) is 2.18. The molecule has 26 heavy (non-hydrogen) atoms. The third kappa shape index (κ3) is 4.32. The molecule has 1 aromatic heterocycles. The van der Waals surface area contributed by atoms with E-state index < -0.39 is 5.97 Å². The molecule has 0 unspecified atom stereocenters. The van der Waals surface area contributed by atoms with Crippen LogP contribution in [0.4, 0.5) is 0 Å². The van der Waals surface area contributed by atoms with Crippen LogP contribution in [-0.2, 0) is 11.3 Å². The Morgan fingerprint density at radius 2 is 1.81 bits per heavy atom. The predicted octanol–water partition coefficient (Wildman–Crippen LogP) is 2.92. The maximum absolute atomic E-state index is 12.1. The first-order chi connectivity index (χ1) is 12.8. The fourth-order valence-corrected chi connectivity index (χ4v) is 2.18. The standard InChI is InChI=1S/C19H18N4O3/c1-2-25-19(24)17-18(26-14-16-11-7-4-8-12-16)23(22-21-17)20-13-15-9-5-3-6-10-15/h3-13H,2,14H2,1H3/b20-13+. The number of rotatable bonds is 7. The zero-order chi connectivity index (χ0) is 18.2. The Morgan fingerprint density at radius 1 is 1.12 bits per heavy atom. The molecule has 7 heteroatoms. The number of carbonyl (C=O) groups is 1. The van der Waals surface area contributed by atoms with E-state index in [4.69, 9.17) is 9.47 Å². The van der Waals surface area contributed by atoms with Crippen molar-refractivity contribution in [1.82, 2.24) is 15.1 Å². The summed E-state index contributed by atoms with van der Waals surface area (Å²) >= 11 is 0. The molecule has 3 rings (SSSR count). The topological polar surface area (TPSA) is 78.6 Å². The predicted molar refractivity (Wildman–Crippen MR) is 96.2 cm³/mol. The normalized spacial score (nSPS) is 10.8. The van der Waals surface area contributed by atoms with Gasteiger partial charge in [-0.15, -0.1) is 5.10 Å². The molecule has 3 aromatic rings. The first kappa shape index (κ1) is 17.3. The molecular formula is C19H18N4O3. The van der Waals surface area contributed by atoms with Crippen LogP contribution in [0.25, 0.3) is 0 Å². The molecular weight excluding hydrogens is 332 g/mol. The van der Waals surface area contributed by atoms with Gasteiger partial charge in [0, 0.05) is 0 Å². The van der Waals surface area contributed by atoms with E-state index in [-0.39, 0.29) is 24.8 Å². The van der Waals surface area contributed by atoms with Crippen LogP contribution in [0.15, 0.2) is 65.8 Å². The van der Waals surface area contributed by atoms with Crippen molar-refractivity contribution in [1.29, 1.82) is 0 Å². The zero-order valence-electron chi connectivity index (χ0n) is 14.3. The molecule has 0 atom stereocenters. The van der Waals surface area contributed by atoms with Gasteiger partial charge in [0.2, 0.25) is 5.69 Å². The molecule has 132 valence electrons. The van der Waals surface area contributed by atoms with Crippen molar-refractivity contribution >= 4 is 12.2 Å². The highest BCUT2D eigenvalue weighted by Gasteiger charge is 2.22. The second kappa shape index (κ2) is 8.57. The van der Waals surface area contributed by atoms with Gasteiger partial charge in [-0.2, -0.15) is 5.10 Å². The summed E-state index contributed by atoms with van der Waals surface area (Å²) in [5.74, 6) is -0.462. The molecule has 0 amide bonds. The molecule has 7 nitrogen and oxygen atoms in total. The van der Waals surface area contributed by atoms with E-state index >= 15 is 0 Å². The summed E-state index contributed by atoms with van der Waals surface area (Å²) in [5.41, 5.74) is 1.82. The molecule has 2 aromatic carbocycles. The maximum atomic E-state index is 12.1. The molecule has 0 spiro atoms. The van der Waals surface area contributed by atoms with Crippen molar-refractivity contribution in [3.05, 3.63) is 77.5 Å². The quantitative estimate of drug-likeness (QED) is 0.483. The number of hydrogen-bond donors (Lipinski definition) is 0. The van der Waals surface area contributed by atoms with E-state index in [0.29, 0.717) is 0 Å². The molecule has 0 saturated carbocycles. The molecule has 0 saturated heterocycles. The third-order valence-corrected chi connectivity index (χ3v) is 3.42. The van der Waals surface area contributed by atoms with Gasteiger partial charge < -0.3 is 9.47 Å². The van der Waals surface area contributed by atoms with Crippen LogP contribution < -0.4 is 4.74 Å². The van der Waals surface area contributed by atoms with Crippen LogP contribution in [0.2, 0.25) is 0 Å². The molecule has 1 heterocycles. The van der Waals surface area contributed by atoms with Crippen molar-refractivity contribution in [2.45, 2.75) is 13.5 Å². The van der Waals surface area contributed by atoms with E-state index in [2.05, 4.69) is 15.4 Å². The van der Waals surface area contributed by atoms with Gasteiger partial charge in [-0.3, -0.25) is 0 Å². The molecule has 0 radical (unpaired) electrons. The number of benzene rings is 2. The summed E-state index contributed by atoms with van der Waals surface area (Å²) in [7, 11) is 0. The van der Waals surface area contributed by atoms with Crippen LogP contribution in [0.3, 0.4) is 0 Å².